The van der Waals surface area contributed by atoms with Gasteiger partial charge in [-0.25, -0.2) is 0 Å². The van der Waals surface area contributed by atoms with E-state index >= 15 is 0 Å². The summed E-state index contributed by atoms with van der Waals surface area (Å²) in [5, 5.41) is 18.1. The van der Waals surface area contributed by atoms with Crippen molar-refractivity contribution in [1.29, 1.82) is 0 Å². The van der Waals surface area contributed by atoms with Crippen LogP contribution in [0.4, 0.5) is 0 Å². The molecule has 2 atom stereocenters. The summed E-state index contributed by atoms with van der Waals surface area (Å²) >= 11 is 0. The molecule has 3 N–H and O–H groups in total. The van der Waals surface area contributed by atoms with E-state index < -0.39 is 31.8 Å². The van der Waals surface area contributed by atoms with Crippen LogP contribution in [0.15, 0.2) is 30.3 Å². The van der Waals surface area contributed by atoms with Crippen molar-refractivity contribution in [1.82, 2.24) is 0 Å². The van der Waals surface area contributed by atoms with Crippen LogP contribution in [0.2, 0.25) is 0 Å². The second-order valence-corrected chi connectivity index (χ2v) is 5.85. The molecule has 0 aliphatic rings. The molecule has 1 unspecified atom stereocenters. The van der Waals surface area contributed by atoms with Crippen molar-refractivity contribution in [3.8, 4) is 0 Å². The summed E-state index contributed by atoms with van der Waals surface area (Å²) in [6.07, 6.45) is -0.865. The summed E-state index contributed by atoms with van der Waals surface area (Å²) in [7, 11) is -3.88. The molecule has 0 aliphatic heterocycles. The topological polar surface area (TPSA) is 94.8 Å². The predicted molar refractivity (Wildman–Crippen MR) is 58.3 cm³/mol. The van der Waals surface area contributed by atoms with Gasteiger partial charge in [-0.2, -0.15) is 0 Å². The van der Waals surface area contributed by atoms with Gasteiger partial charge in [-0.3, -0.25) is 9.36 Å². The first-order chi connectivity index (χ1) is 7.43. The first-order valence-corrected chi connectivity index (χ1v) is 6.61. The Morgan fingerprint density at radius 2 is 1.88 bits per heavy atom. The fourth-order valence-electron chi connectivity index (χ4n) is 1.24. The maximum atomic E-state index is 11.7. The highest BCUT2D eigenvalue weighted by Crippen LogP contribution is 2.54. The van der Waals surface area contributed by atoms with Gasteiger partial charge in [0.2, 0.25) is 7.37 Å². The zero-order valence-electron chi connectivity index (χ0n) is 8.48. The lowest BCUT2D eigenvalue weighted by Crippen LogP contribution is -2.06. The monoisotopic (exact) mass is 244 g/mol. The van der Waals surface area contributed by atoms with Gasteiger partial charge in [0.15, 0.2) is 5.85 Å². The highest BCUT2D eigenvalue weighted by molar-refractivity contribution is 7.58. The smallest absolute Gasteiger partial charge is 0.303 e. The Morgan fingerprint density at radius 3 is 2.38 bits per heavy atom. The van der Waals surface area contributed by atoms with Crippen LogP contribution in [0, 0.1) is 0 Å². The van der Waals surface area contributed by atoms with E-state index in [0.717, 1.165) is 0 Å². The van der Waals surface area contributed by atoms with Crippen molar-refractivity contribution >= 4 is 13.3 Å². The number of rotatable bonds is 5. The summed E-state index contributed by atoms with van der Waals surface area (Å²) in [6.45, 7) is 0. The summed E-state index contributed by atoms with van der Waals surface area (Å²) in [5.74, 6) is -2.68. The third-order valence-electron chi connectivity index (χ3n) is 2.13. The van der Waals surface area contributed by atoms with Crippen molar-refractivity contribution in [3.05, 3.63) is 35.9 Å². The molecular weight excluding hydrogens is 231 g/mol. The third kappa shape index (κ3) is 3.45. The Kier molecular flexibility index (Phi) is 4.24. The molecule has 16 heavy (non-hydrogen) atoms. The van der Waals surface area contributed by atoms with Gasteiger partial charge in [0.1, 0.15) is 0 Å². The number of carboxylic acids is 1. The van der Waals surface area contributed by atoms with E-state index in [1.54, 1.807) is 18.2 Å². The first kappa shape index (κ1) is 12.9. The molecule has 1 rings (SSSR count). The number of hydrogen-bond donors (Lipinski definition) is 3. The zero-order chi connectivity index (χ0) is 12.2. The summed E-state index contributed by atoms with van der Waals surface area (Å²) in [4.78, 5) is 19.8. The minimum atomic E-state index is -3.88. The van der Waals surface area contributed by atoms with Crippen LogP contribution in [-0.4, -0.2) is 27.2 Å². The molecule has 6 heteroatoms. The lowest BCUT2D eigenvalue weighted by Gasteiger charge is -2.17. The molecule has 0 bridgehead atoms. The second kappa shape index (κ2) is 5.25. The summed E-state index contributed by atoms with van der Waals surface area (Å²) in [6, 6.07) is 8.03. The third-order valence-corrected chi connectivity index (χ3v) is 4.05. The maximum absolute atomic E-state index is 11.7. The van der Waals surface area contributed by atoms with E-state index in [1.807, 2.05) is 0 Å². The maximum Gasteiger partial charge on any atom is 0.303 e. The first-order valence-electron chi connectivity index (χ1n) is 4.70. The van der Waals surface area contributed by atoms with Crippen molar-refractivity contribution < 1.29 is 24.5 Å². The summed E-state index contributed by atoms with van der Waals surface area (Å²) in [5.41, 5.74) is 0.318. The minimum absolute atomic E-state index is 0.318. The number of benzene rings is 1. The van der Waals surface area contributed by atoms with E-state index in [9.17, 15) is 19.4 Å². The molecule has 88 valence electrons. The van der Waals surface area contributed by atoms with Crippen LogP contribution in [0.3, 0.4) is 0 Å². The van der Waals surface area contributed by atoms with Crippen molar-refractivity contribution in [2.24, 2.45) is 0 Å². The van der Waals surface area contributed by atoms with Gasteiger partial charge < -0.3 is 15.1 Å². The van der Waals surface area contributed by atoms with E-state index in [4.69, 9.17) is 5.11 Å². The molecular formula is C10H13O5P. The van der Waals surface area contributed by atoms with Crippen LogP contribution < -0.4 is 0 Å². The minimum Gasteiger partial charge on any atom is -0.481 e. The molecule has 0 aliphatic carbocycles. The molecule has 0 aromatic heterocycles. The molecule has 0 spiro atoms. The molecule has 0 saturated heterocycles. The Hall–Kier alpha value is -1.16. The van der Waals surface area contributed by atoms with Gasteiger partial charge in [-0.1, -0.05) is 30.3 Å². The lowest BCUT2D eigenvalue weighted by molar-refractivity contribution is -0.136. The van der Waals surface area contributed by atoms with E-state index in [2.05, 4.69) is 0 Å². The van der Waals surface area contributed by atoms with Crippen LogP contribution in [0.25, 0.3) is 0 Å². The average Bonchev–Trinajstić information content (AvgIpc) is 2.27. The largest absolute Gasteiger partial charge is 0.481 e. The molecule has 0 amide bonds. The van der Waals surface area contributed by atoms with Gasteiger partial charge in [-0.05, 0) is 5.56 Å². The molecule has 0 fully saturated rings. The second-order valence-electron chi connectivity index (χ2n) is 3.41. The van der Waals surface area contributed by atoms with Crippen LogP contribution in [0.5, 0.6) is 0 Å². The number of carbonyl (C=O) groups is 1. The standard InChI is InChI=1S/C10H13O5P/c11-9(12)6-7-16(14,15)10(13)8-4-2-1-3-5-8/h1-5,10,13H,6-7H2,(H,11,12)(H,14,15)/t10-/m1/s1. The normalized spacial score (nSPS) is 16.4. The van der Waals surface area contributed by atoms with Crippen LogP contribution in [-0.2, 0) is 9.36 Å². The number of hydrogen-bond acceptors (Lipinski definition) is 3. The van der Waals surface area contributed by atoms with Crippen molar-refractivity contribution in [2.45, 2.75) is 12.3 Å². The van der Waals surface area contributed by atoms with E-state index in [0.29, 0.717) is 5.56 Å². The number of carboxylic acid groups (broad SMARTS) is 1. The molecule has 0 radical (unpaired) electrons. The van der Waals surface area contributed by atoms with Gasteiger partial charge >= 0.3 is 5.97 Å². The zero-order valence-corrected chi connectivity index (χ0v) is 9.38. The van der Waals surface area contributed by atoms with Gasteiger partial charge in [0.05, 0.1) is 6.42 Å². The van der Waals surface area contributed by atoms with E-state index in [1.165, 1.54) is 12.1 Å². The van der Waals surface area contributed by atoms with Gasteiger partial charge in [-0.15, -0.1) is 0 Å². The highest BCUT2D eigenvalue weighted by Gasteiger charge is 2.30. The Labute approximate surface area is 92.8 Å². The van der Waals surface area contributed by atoms with E-state index in [-0.39, 0.29) is 0 Å². The quantitative estimate of drug-likeness (QED) is 0.681. The number of aliphatic hydroxyl groups excluding tert-OH is 1. The Balaban J connectivity index is 2.76. The van der Waals surface area contributed by atoms with Crippen molar-refractivity contribution in [3.63, 3.8) is 0 Å². The van der Waals surface area contributed by atoms with Gasteiger partial charge in [0, 0.05) is 6.16 Å². The number of aliphatic carboxylic acids is 1. The lowest BCUT2D eigenvalue weighted by atomic mass is 10.2. The van der Waals surface area contributed by atoms with Crippen LogP contribution >= 0.6 is 7.37 Å². The fourth-order valence-corrected chi connectivity index (χ4v) is 2.63. The molecule has 0 heterocycles. The molecule has 5 nitrogen and oxygen atoms in total. The Bertz CT molecular complexity index is 403. The Morgan fingerprint density at radius 1 is 1.31 bits per heavy atom. The molecule has 1 aromatic carbocycles. The fraction of sp³-hybridized carbons (Fsp3) is 0.300. The molecule has 0 saturated carbocycles. The van der Waals surface area contributed by atoms with Crippen LogP contribution in [0.1, 0.15) is 17.8 Å². The molecule has 1 aromatic rings. The number of aliphatic hydroxyl groups is 1. The van der Waals surface area contributed by atoms with Crippen molar-refractivity contribution in [2.75, 3.05) is 6.16 Å². The summed E-state index contributed by atoms with van der Waals surface area (Å²) < 4.78 is 11.7. The SMILES string of the molecule is O=C(O)CCP(=O)(O)[C@@H](O)c1ccccc1. The predicted octanol–water partition coefficient (Wildman–Crippen LogP) is 1.42. The van der Waals surface area contributed by atoms with Gasteiger partial charge in [0.25, 0.3) is 0 Å². The average molecular weight is 244 g/mol. The highest BCUT2D eigenvalue weighted by atomic mass is 31.2.